The van der Waals surface area contributed by atoms with Crippen LogP contribution in [-0.2, 0) is 9.53 Å². The van der Waals surface area contributed by atoms with Crippen molar-refractivity contribution >= 4 is 11.6 Å². The molecule has 2 fully saturated rings. The van der Waals surface area contributed by atoms with Crippen LogP contribution >= 0.6 is 0 Å². The van der Waals surface area contributed by atoms with Crippen LogP contribution in [-0.4, -0.2) is 70.0 Å². The lowest BCUT2D eigenvalue weighted by molar-refractivity contribution is -0.234. The molecule has 0 saturated carbocycles. The zero-order chi connectivity index (χ0) is 23.7. The zero-order valence-corrected chi connectivity index (χ0v) is 18.0. The maximum atomic E-state index is 13.1. The Morgan fingerprint density at radius 2 is 1.73 bits per heavy atom. The van der Waals surface area contributed by atoms with Gasteiger partial charge in [0.15, 0.2) is 0 Å². The van der Waals surface area contributed by atoms with Gasteiger partial charge in [-0.25, -0.2) is 4.39 Å². The van der Waals surface area contributed by atoms with Gasteiger partial charge in [0.25, 0.3) is 0 Å². The van der Waals surface area contributed by atoms with Gasteiger partial charge in [0.1, 0.15) is 30.2 Å². The number of nitrogens with zero attached hydrogens (tertiary/aromatic N) is 1. The minimum Gasteiger partial charge on any atom is -0.394 e. The summed E-state index contributed by atoms with van der Waals surface area (Å²) in [5.74, 6) is -1.09. The molecule has 2 saturated heterocycles. The number of amides is 1. The van der Waals surface area contributed by atoms with Crippen LogP contribution in [0.15, 0.2) is 61.2 Å². The Hall–Kier alpha value is -2.62. The largest absolute Gasteiger partial charge is 0.394 e. The second-order valence-corrected chi connectivity index (χ2v) is 8.57. The van der Waals surface area contributed by atoms with Crippen LogP contribution in [0.5, 0.6) is 0 Å². The van der Waals surface area contributed by atoms with Gasteiger partial charge in [-0.3, -0.25) is 4.79 Å². The number of benzene rings is 2. The number of rotatable bonds is 7. The molecule has 176 valence electrons. The SMILES string of the molecule is C=CCC(c1ccc(C2CN(c3ccc(F)cc3)C2=O)cc1)[C@@H]1O[C@H](CO)[C@@H](O)[C@H](O)[C@H]1O. The topological polar surface area (TPSA) is 110 Å². The third kappa shape index (κ3) is 4.45. The van der Waals surface area contributed by atoms with Crippen LogP contribution < -0.4 is 4.90 Å². The molecule has 7 nitrogen and oxygen atoms in total. The van der Waals surface area contributed by atoms with E-state index in [2.05, 4.69) is 6.58 Å². The highest BCUT2D eigenvalue weighted by molar-refractivity contribution is 6.04. The summed E-state index contributed by atoms with van der Waals surface area (Å²) in [5.41, 5.74) is 2.31. The molecule has 0 aromatic heterocycles. The summed E-state index contributed by atoms with van der Waals surface area (Å²) in [4.78, 5) is 14.3. The summed E-state index contributed by atoms with van der Waals surface area (Å²) in [6.45, 7) is 3.77. The highest BCUT2D eigenvalue weighted by atomic mass is 19.1. The minimum atomic E-state index is -1.45. The maximum absolute atomic E-state index is 13.1. The summed E-state index contributed by atoms with van der Waals surface area (Å²) >= 11 is 0. The molecule has 2 aliphatic heterocycles. The van der Waals surface area contributed by atoms with E-state index in [9.17, 15) is 29.6 Å². The second kappa shape index (κ2) is 9.70. The lowest BCUT2D eigenvalue weighted by Crippen LogP contribution is -2.59. The molecule has 2 heterocycles. The molecule has 2 aromatic carbocycles. The van der Waals surface area contributed by atoms with Crippen molar-refractivity contribution < 1.29 is 34.3 Å². The average molecular weight is 457 g/mol. The third-order valence-electron chi connectivity index (χ3n) is 6.58. The molecule has 1 amide bonds. The molecular formula is C25H28FNO6. The van der Waals surface area contributed by atoms with Crippen LogP contribution in [0.4, 0.5) is 10.1 Å². The van der Waals surface area contributed by atoms with Gasteiger partial charge in [-0.15, -0.1) is 6.58 Å². The molecule has 8 heteroatoms. The van der Waals surface area contributed by atoms with Gasteiger partial charge in [0, 0.05) is 18.2 Å². The lowest BCUT2D eigenvalue weighted by atomic mass is 9.81. The van der Waals surface area contributed by atoms with Crippen molar-refractivity contribution in [3.8, 4) is 0 Å². The maximum Gasteiger partial charge on any atom is 0.236 e. The zero-order valence-electron chi connectivity index (χ0n) is 18.0. The monoisotopic (exact) mass is 457 g/mol. The molecule has 0 bridgehead atoms. The Kier molecular flexibility index (Phi) is 6.92. The van der Waals surface area contributed by atoms with Crippen LogP contribution in [0.3, 0.4) is 0 Å². The lowest BCUT2D eigenvalue weighted by Gasteiger charge is -2.43. The standard InChI is InChI=1S/C25H28FNO6/c1-2-3-18(24-23(31)22(30)21(29)20(13-28)33-24)14-4-6-15(7-5-14)19-12-27(25(19)32)17-10-8-16(26)9-11-17/h2,4-11,18-24,28-31H,1,3,12-13H2/t18?,19?,20-,21-,22+,23-,24+/m1/s1. The molecule has 0 spiro atoms. The third-order valence-corrected chi connectivity index (χ3v) is 6.58. The van der Waals surface area contributed by atoms with E-state index in [1.54, 1.807) is 23.1 Å². The van der Waals surface area contributed by atoms with E-state index in [-0.39, 0.29) is 23.6 Å². The molecule has 0 radical (unpaired) electrons. The van der Waals surface area contributed by atoms with Gasteiger partial charge in [-0.1, -0.05) is 30.3 Å². The number of β-lactam (4-membered cyclic amide) rings is 1. The van der Waals surface area contributed by atoms with Gasteiger partial charge in [-0.05, 0) is 41.8 Å². The highest BCUT2D eigenvalue weighted by Gasteiger charge is 2.46. The quantitative estimate of drug-likeness (QED) is 0.370. The van der Waals surface area contributed by atoms with Crippen LogP contribution in [0.25, 0.3) is 0 Å². The summed E-state index contributed by atoms with van der Waals surface area (Å²) in [6.07, 6.45) is -3.93. The van der Waals surface area contributed by atoms with Crippen molar-refractivity contribution in [2.75, 3.05) is 18.1 Å². The number of ether oxygens (including phenoxy) is 1. The number of anilines is 1. The fourth-order valence-corrected chi connectivity index (χ4v) is 4.61. The van der Waals surface area contributed by atoms with E-state index in [1.165, 1.54) is 12.1 Å². The number of hydrogen-bond acceptors (Lipinski definition) is 6. The fourth-order valence-electron chi connectivity index (χ4n) is 4.61. The number of aliphatic hydroxyl groups is 4. The summed E-state index contributed by atoms with van der Waals surface area (Å²) in [6, 6.07) is 13.2. The van der Waals surface area contributed by atoms with Crippen molar-refractivity contribution in [2.24, 2.45) is 0 Å². The van der Waals surface area contributed by atoms with Gasteiger partial charge in [-0.2, -0.15) is 0 Å². The first-order valence-electron chi connectivity index (χ1n) is 10.9. The predicted octanol–water partition coefficient (Wildman–Crippen LogP) is 1.46. The smallest absolute Gasteiger partial charge is 0.236 e. The number of halogens is 1. The van der Waals surface area contributed by atoms with Crippen molar-refractivity contribution in [2.45, 2.75) is 48.8 Å². The van der Waals surface area contributed by atoms with Crippen molar-refractivity contribution in [1.29, 1.82) is 0 Å². The van der Waals surface area contributed by atoms with Crippen LogP contribution in [0.1, 0.15) is 29.4 Å². The number of aliphatic hydroxyl groups excluding tert-OH is 4. The molecule has 2 aliphatic rings. The number of carbonyl (C=O) groups is 1. The van der Waals surface area contributed by atoms with Crippen LogP contribution in [0, 0.1) is 5.82 Å². The second-order valence-electron chi connectivity index (χ2n) is 8.57. The van der Waals surface area contributed by atoms with Crippen molar-refractivity contribution in [1.82, 2.24) is 0 Å². The Labute approximate surface area is 191 Å². The van der Waals surface area contributed by atoms with Crippen LogP contribution in [0.2, 0.25) is 0 Å². The first-order valence-corrected chi connectivity index (χ1v) is 10.9. The molecule has 33 heavy (non-hydrogen) atoms. The molecule has 2 aromatic rings. The van der Waals surface area contributed by atoms with Crippen molar-refractivity contribution in [3.05, 3.63) is 78.1 Å². The predicted molar refractivity (Wildman–Crippen MR) is 119 cm³/mol. The minimum absolute atomic E-state index is 0.0640. The first-order chi connectivity index (χ1) is 15.8. The van der Waals surface area contributed by atoms with E-state index in [1.807, 2.05) is 24.3 Å². The van der Waals surface area contributed by atoms with Gasteiger partial charge in [0.05, 0.1) is 18.6 Å². The summed E-state index contributed by atoms with van der Waals surface area (Å²) < 4.78 is 18.9. The molecule has 0 aliphatic carbocycles. The Bertz CT molecular complexity index is 979. The van der Waals surface area contributed by atoms with E-state index in [4.69, 9.17) is 4.74 Å². The Morgan fingerprint density at radius 3 is 2.30 bits per heavy atom. The van der Waals surface area contributed by atoms with Gasteiger partial charge < -0.3 is 30.1 Å². The molecule has 4 rings (SSSR count). The Morgan fingerprint density at radius 1 is 1.06 bits per heavy atom. The number of allylic oxidation sites excluding steroid dienone is 1. The van der Waals surface area contributed by atoms with E-state index < -0.39 is 37.1 Å². The Balaban J connectivity index is 1.49. The summed E-state index contributed by atoms with van der Waals surface area (Å²) in [7, 11) is 0. The normalized spacial score (nSPS) is 30.6. The average Bonchev–Trinajstić information content (AvgIpc) is 2.82. The number of hydrogen-bond donors (Lipinski definition) is 4. The van der Waals surface area contributed by atoms with Gasteiger partial charge in [0.2, 0.25) is 5.91 Å². The molecular weight excluding hydrogens is 429 g/mol. The molecule has 4 N–H and O–H groups in total. The highest BCUT2D eigenvalue weighted by Crippen LogP contribution is 2.37. The summed E-state index contributed by atoms with van der Waals surface area (Å²) in [5, 5.41) is 40.3. The van der Waals surface area contributed by atoms with E-state index in [0.29, 0.717) is 18.7 Å². The number of carbonyl (C=O) groups excluding carboxylic acids is 1. The molecule has 2 unspecified atom stereocenters. The van der Waals surface area contributed by atoms with E-state index >= 15 is 0 Å². The first kappa shape index (κ1) is 23.5. The fraction of sp³-hybridized carbons (Fsp3) is 0.400. The van der Waals surface area contributed by atoms with Crippen molar-refractivity contribution in [3.63, 3.8) is 0 Å². The molecule has 7 atom stereocenters. The van der Waals surface area contributed by atoms with E-state index in [0.717, 1.165) is 11.1 Å². The van der Waals surface area contributed by atoms with Gasteiger partial charge >= 0.3 is 0 Å².